The van der Waals surface area contributed by atoms with Gasteiger partial charge in [0.2, 0.25) is 0 Å². The summed E-state index contributed by atoms with van der Waals surface area (Å²) >= 11 is 0. The molecule has 3 heteroatoms. The molecular formula is C12H21N3. The van der Waals surface area contributed by atoms with Gasteiger partial charge in [-0.3, -0.25) is 0 Å². The fourth-order valence-electron chi connectivity index (χ4n) is 2.19. The van der Waals surface area contributed by atoms with Crippen molar-refractivity contribution in [1.82, 2.24) is 15.3 Å². The van der Waals surface area contributed by atoms with Gasteiger partial charge in [-0.1, -0.05) is 13.8 Å². The highest BCUT2D eigenvalue weighted by Gasteiger charge is 2.20. The quantitative estimate of drug-likeness (QED) is 0.798. The van der Waals surface area contributed by atoms with E-state index in [0.29, 0.717) is 12.0 Å². The van der Waals surface area contributed by atoms with Crippen LogP contribution in [0.15, 0.2) is 0 Å². The van der Waals surface area contributed by atoms with Gasteiger partial charge in [0.1, 0.15) is 5.82 Å². The van der Waals surface area contributed by atoms with Crippen LogP contribution in [0.5, 0.6) is 0 Å². The molecule has 1 saturated heterocycles. The van der Waals surface area contributed by atoms with Crippen molar-refractivity contribution in [3.63, 3.8) is 0 Å². The van der Waals surface area contributed by atoms with Crippen molar-refractivity contribution >= 4 is 0 Å². The van der Waals surface area contributed by atoms with Crippen molar-refractivity contribution in [2.45, 2.75) is 46.1 Å². The number of hydrogen-bond acceptors (Lipinski definition) is 2. The Hall–Kier alpha value is -0.830. The molecule has 15 heavy (non-hydrogen) atoms. The number of imidazole rings is 1. The van der Waals surface area contributed by atoms with Crippen molar-refractivity contribution in [3.05, 3.63) is 17.2 Å². The monoisotopic (exact) mass is 207 g/mol. The smallest absolute Gasteiger partial charge is 0.123 e. The third-order valence-corrected chi connectivity index (χ3v) is 3.00. The van der Waals surface area contributed by atoms with E-state index in [2.05, 4.69) is 31.1 Å². The van der Waals surface area contributed by atoms with Gasteiger partial charge in [0.15, 0.2) is 0 Å². The molecule has 1 aliphatic rings. The van der Waals surface area contributed by atoms with Gasteiger partial charge in [-0.05, 0) is 38.6 Å². The minimum atomic E-state index is 0.463. The third-order valence-electron chi connectivity index (χ3n) is 3.00. The highest BCUT2D eigenvalue weighted by molar-refractivity contribution is 5.16. The molecule has 0 aromatic carbocycles. The molecular weight excluding hydrogens is 186 g/mol. The Morgan fingerprint density at radius 1 is 1.47 bits per heavy atom. The van der Waals surface area contributed by atoms with Crippen molar-refractivity contribution in [1.29, 1.82) is 0 Å². The van der Waals surface area contributed by atoms with Crippen LogP contribution in [-0.4, -0.2) is 16.5 Å². The van der Waals surface area contributed by atoms with Crippen LogP contribution in [0.25, 0.3) is 0 Å². The number of aromatic nitrogens is 2. The minimum Gasteiger partial charge on any atom is -0.345 e. The predicted octanol–water partition coefficient (Wildman–Crippen LogP) is 2.34. The Bertz CT molecular complexity index is 322. The molecule has 84 valence electrons. The zero-order chi connectivity index (χ0) is 10.8. The molecule has 2 rings (SSSR count). The summed E-state index contributed by atoms with van der Waals surface area (Å²) in [6.07, 6.45) is 3.56. The summed E-state index contributed by atoms with van der Waals surface area (Å²) in [5.41, 5.74) is 2.49. The molecule has 0 aliphatic carbocycles. The Morgan fingerprint density at radius 2 is 2.27 bits per heavy atom. The number of nitrogens with one attached hydrogen (secondary N) is 2. The van der Waals surface area contributed by atoms with E-state index >= 15 is 0 Å². The molecule has 2 heterocycles. The molecule has 0 spiro atoms. The summed E-state index contributed by atoms with van der Waals surface area (Å²) < 4.78 is 0. The van der Waals surface area contributed by atoms with Crippen LogP contribution >= 0.6 is 0 Å². The lowest BCUT2D eigenvalue weighted by molar-refractivity contribution is 0.602. The van der Waals surface area contributed by atoms with E-state index in [9.17, 15) is 0 Å². The molecule has 1 atom stereocenters. The van der Waals surface area contributed by atoms with Crippen LogP contribution in [0.2, 0.25) is 0 Å². The lowest BCUT2D eigenvalue weighted by Crippen LogP contribution is -2.14. The molecule has 1 unspecified atom stereocenters. The summed E-state index contributed by atoms with van der Waals surface area (Å²) in [5.74, 6) is 1.82. The van der Waals surface area contributed by atoms with Gasteiger partial charge in [0.25, 0.3) is 0 Å². The Morgan fingerprint density at radius 3 is 2.87 bits per heavy atom. The zero-order valence-electron chi connectivity index (χ0n) is 9.93. The zero-order valence-corrected chi connectivity index (χ0v) is 9.93. The van der Waals surface area contributed by atoms with Gasteiger partial charge in [-0.15, -0.1) is 0 Å². The lowest BCUT2D eigenvalue weighted by atomic mass is 10.1. The van der Waals surface area contributed by atoms with Gasteiger partial charge in [-0.25, -0.2) is 4.98 Å². The van der Waals surface area contributed by atoms with Gasteiger partial charge >= 0.3 is 0 Å². The molecule has 2 N–H and O–H groups in total. The minimum absolute atomic E-state index is 0.463. The van der Waals surface area contributed by atoms with E-state index in [-0.39, 0.29) is 0 Å². The number of aromatic amines is 1. The highest BCUT2D eigenvalue weighted by atomic mass is 15.0. The Kier molecular flexibility index (Phi) is 3.10. The lowest BCUT2D eigenvalue weighted by Gasteiger charge is -2.05. The van der Waals surface area contributed by atoms with Crippen LogP contribution in [-0.2, 0) is 6.42 Å². The topological polar surface area (TPSA) is 40.7 Å². The summed E-state index contributed by atoms with van der Waals surface area (Å²) in [5, 5.41) is 3.47. The van der Waals surface area contributed by atoms with Crippen LogP contribution in [0, 0.1) is 12.8 Å². The Labute approximate surface area is 91.7 Å². The third kappa shape index (κ3) is 2.40. The van der Waals surface area contributed by atoms with Crippen molar-refractivity contribution in [3.8, 4) is 0 Å². The normalized spacial score (nSPS) is 21.5. The molecule has 0 amide bonds. The molecule has 3 nitrogen and oxygen atoms in total. The summed E-state index contributed by atoms with van der Waals surface area (Å²) in [7, 11) is 0. The summed E-state index contributed by atoms with van der Waals surface area (Å²) in [6, 6.07) is 0.463. The number of hydrogen-bond donors (Lipinski definition) is 2. The maximum Gasteiger partial charge on any atom is 0.123 e. The maximum absolute atomic E-state index is 4.71. The summed E-state index contributed by atoms with van der Waals surface area (Å²) in [6.45, 7) is 7.73. The Balaban J connectivity index is 2.12. The SMILES string of the molecule is Cc1[nH]c(C2CCCN2)nc1CC(C)C. The molecule has 1 fully saturated rings. The summed E-state index contributed by atoms with van der Waals surface area (Å²) in [4.78, 5) is 8.13. The van der Waals surface area contributed by atoms with Gasteiger partial charge in [0.05, 0.1) is 11.7 Å². The van der Waals surface area contributed by atoms with Crippen LogP contribution in [0.4, 0.5) is 0 Å². The van der Waals surface area contributed by atoms with Gasteiger partial charge in [-0.2, -0.15) is 0 Å². The largest absolute Gasteiger partial charge is 0.345 e. The average molecular weight is 207 g/mol. The average Bonchev–Trinajstić information content (AvgIpc) is 2.75. The number of rotatable bonds is 3. The van der Waals surface area contributed by atoms with E-state index in [4.69, 9.17) is 4.98 Å². The van der Waals surface area contributed by atoms with Crippen molar-refractivity contribution in [2.24, 2.45) is 5.92 Å². The molecule has 1 aromatic heterocycles. The van der Waals surface area contributed by atoms with E-state index in [0.717, 1.165) is 18.8 Å². The fraction of sp³-hybridized carbons (Fsp3) is 0.750. The molecule has 0 radical (unpaired) electrons. The molecule has 0 saturated carbocycles. The van der Waals surface area contributed by atoms with E-state index in [1.807, 2.05) is 0 Å². The molecule has 1 aromatic rings. The maximum atomic E-state index is 4.71. The van der Waals surface area contributed by atoms with Gasteiger partial charge < -0.3 is 10.3 Å². The van der Waals surface area contributed by atoms with Crippen molar-refractivity contribution in [2.75, 3.05) is 6.54 Å². The predicted molar refractivity (Wildman–Crippen MR) is 61.8 cm³/mol. The second-order valence-electron chi connectivity index (χ2n) is 4.94. The highest BCUT2D eigenvalue weighted by Crippen LogP contribution is 2.22. The van der Waals surface area contributed by atoms with E-state index in [1.54, 1.807) is 0 Å². The first kappa shape index (κ1) is 10.7. The van der Waals surface area contributed by atoms with Crippen LogP contribution in [0.3, 0.4) is 0 Å². The van der Waals surface area contributed by atoms with Crippen LogP contribution < -0.4 is 5.32 Å². The van der Waals surface area contributed by atoms with Crippen molar-refractivity contribution < 1.29 is 0 Å². The molecule has 1 aliphatic heterocycles. The first-order valence-corrected chi connectivity index (χ1v) is 5.95. The second kappa shape index (κ2) is 4.35. The van der Waals surface area contributed by atoms with E-state index in [1.165, 1.54) is 24.2 Å². The van der Waals surface area contributed by atoms with Crippen LogP contribution in [0.1, 0.15) is 49.9 Å². The number of nitrogens with zero attached hydrogens (tertiary/aromatic N) is 1. The fourth-order valence-corrected chi connectivity index (χ4v) is 2.19. The molecule has 0 bridgehead atoms. The number of aryl methyl sites for hydroxylation is 1. The van der Waals surface area contributed by atoms with E-state index < -0.39 is 0 Å². The second-order valence-corrected chi connectivity index (χ2v) is 4.94. The standard InChI is InChI=1S/C12H21N3/c1-8(2)7-11-9(3)14-12(15-11)10-5-4-6-13-10/h8,10,13H,4-7H2,1-3H3,(H,14,15). The van der Waals surface area contributed by atoms with Gasteiger partial charge in [0, 0.05) is 5.69 Å². The first-order valence-electron chi connectivity index (χ1n) is 5.95. The number of H-pyrrole nitrogens is 1. The first-order chi connectivity index (χ1) is 7.16.